The van der Waals surface area contributed by atoms with Crippen LogP contribution in [0.2, 0.25) is 0 Å². The Kier molecular flexibility index (Phi) is 5.85. The predicted molar refractivity (Wildman–Crippen MR) is 108 cm³/mol. The first kappa shape index (κ1) is 19.2. The molecule has 2 aliphatic rings. The Labute approximate surface area is 166 Å². The van der Waals surface area contributed by atoms with Gasteiger partial charge in [-0.2, -0.15) is 4.98 Å². The number of nitrogens with zero attached hydrogens (tertiary/aromatic N) is 2. The first-order valence-electron chi connectivity index (χ1n) is 10.5. The van der Waals surface area contributed by atoms with Crippen LogP contribution >= 0.6 is 0 Å². The van der Waals surface area contributed by atoms with Crippen LogP contribution < -0.4 is 9.64 Å². The number of hydrogen-bond donors (Lipinski definition) is 0. The maximum absolute atomic E-state index is 11.2. The SMILES string of the molecule is CC(=O)C[C@@H](C)COC1CCN(c2nc3cc(OCC4CC4)ccc3o2)CC1. The Morgan fingerprint density at radius 2 is 2.07 bits per heavy atom. The van der Waals surface area contributed by atoms with Gasteiger partial charge in [-0.15, -0.1) is 0 Å². The number of piperidine rings is 1. The van der Waals surface area contributed by atoms with E-state index in [0.717, 1.165) is 55.3 Å². The van der Waals surface area contributed by atoms with E-state index in [-0.39, 0.29) is 17.8 Å². The van der Waals surface area contributed by atoms with E-state index in [0.29, 0.717) is 19.0 Å². The van der Waals surface area contributed by atoms with Crippen molar-refractivity contribution in [2.75, 3.05) is 31.2 Å². The van der Waals surface area contributed by atoms with Gasteiger partial charge >= 0.3 is 0 Å². The second-order valence-electron chi connectivity index (χ2n) is 8.41. The first-order valence-corrected chi connectivity index (χ1v) is 10.5. The fraction of sp³-hybridized carbons (Fsp3) is 0.636. The fourth-order valence-electron chi connectivity index (χ4n) is 3.68. The Balaban J connectivity index is 1.29. The number of hydrogen-bond acceptors (Lipinski definition) is 6. The van der Waals surface area contributed by atoms with Gasteiger partial charge in [0.05, 0.1) is 12.7 Å². The summed E-state index contributed by atoms with van der Waals surface area (Å²) in [6, 6.07) is 6.55. The largest absolute Gasteiger partial charge is 0.493 e. The molecule has 0 unspecified atom stereocenters. The molecule has 152 valence electrons. The number of Topliss-reactive ketones (excluding diaryl/α,β-unsaturated/α-hetero) is 1. The van der Waals surface area contributed by atoms with E-state index < -0.39 is 0 Å². The highest BCUT2D eigenvalue weighted by atomic mass is 16.5. The van der Waals surface area contributed by atoms with Gasteiger partial charge in [0.25, 0.3) is 6.01 Å². The van der Waals surface area contributed by atoms with Gasteiger partial charge in [-0.25, -0.2) is 0 Å². The standard InChI is InChI=1S/C22H30N2O4/c1-15(11-16(2)25)13-26-18-7-9-24(10-8-18)22-23-20-12-19(5-6-21(20)28-22)27-14-17-3-4-17/h5-6,12,15,17-18H,3-4,7-11,13-14H2,1-2H3/t15-/m1/s1. The number of oxazole rings is 1. The molecular weight excluding hydrogens is 356 g/mol. The quantitative estimate of drug-likeness (QED) is 0.643. The molecule has 28 heavy (non-hydrogen) atoms. The lowest BCUT2D eigenvalue weighted by atomic mass is 10.1. The lowest BCUT2D eigenvalue weighted by Gasteiger charge is -2.31. The summed E-state index contributed by atoms with van der Waals surface area (Å²) in [4.78, 5) is 18.0. The third-order valence-electron chi connectivity index (χ3n) is 5.50. The van der Waals surface area contributed by atoms with E-state index >= 15 is 0 Å². The molecule has 2 heterocycles. The Bertz CT molecular complexity index is 806. The summed E-state index contributed by atoms with van der Waals surface area (Å²) >= 11 is 0. The lowest BCUT2D eigenvalue weighted by Crippen LogP contribution is -2.37. The van der Waals surface area contributed by atoms with Gasteiger partial charge in [-0.05, 0) is 56.6 Å². The normalized spacial score (nSPS) is 19.1. The maximum Gasteiger partial charge on any atom is 0.298 e. The molecule has 1 saturated heterocycles. The molecule has 1 aliphatic heterocycles. The molecule has 2 aromatic rings. The summed E-state index contributed by atoms with van der Waals surface area (Å²) in [7, 11) is 0. The average molecular weight is 386 g/mol. The number of rotatable bonds is 9. The van der Waals surface area contributed by atoms with Gasteiger partial charge in [0.1, 0.15) is 17.0 Å². The molecule has 1 aliphatic carbocycles. The molecular formula is C22H30N2O4. The molecule has 0 N–H and O–H groups in total. The third kappa shape index (κ3) is 5.04. The Morgan fingerprint density at radius 3 is 2.79 bits per heavy atom. The van der Waals surface area contributed by atoms with Gasteiger partial charge < -0.3 is 23.6 Å². The summed E-state index contributed by atoms with van der Waals surface area (Å²) in [6.07, 6.45) is 5.30. The molecule has 0 bridgehead atoms. The second-order valence-corrected chi connectivity index (χ2v) is 8.41. The van der Waals surface area contributed by atoms with Crippen molar-refractivity contribution in [2.45, 2.75) is 52.1 Å². The summed E-state index contributed by atoms with van der Waals surface area (Å²) in [5.41, 5.74) is 1.64. The van der Waals surface area contributed by atoms with Crippen molar-refractivity contribution in [1.29, 1.82) is 0 Å². The number of fused-ring (bicyclic) bond motifs is 1. The molecule has 6 nitrogen and oxygen atoms in total. The maximum atomic E-state index is 11.2. The first-order chi connectivity index (χ1) is 13.6. The van der Waals surface area contributed by atoms with Crippen LogP contribution in [0.15, 0.2) is 22.6 Å². The van der Waals surface area contributed by atoms with E-state index in [4.69, 9.17) is 13.9 Å². The van der Waals surface area contributed by atoms with Crippen molar-refractivity contribution < 1.29 is 18.7 Å². The highest BCUT2D eigenvalue weighted by molar-refractivity contribution is 5.76. The number of benzene rings is 1. The minimum Gasteiger partial charge on any atom is -0.493 e. The number of anilines is 1. The average Bonchev–Trinajstić information content (AvgIpc) is 3.41. The zero-order chi connectivity index (χ0) is 19.5. The molecule has 2 fully saturated rings. The van der Waals surface area contributed by atoms with Crippen LogP contribution in [0.5, 0.6) is 5.75 Å². The zero-order valence-electron chi connectivity index (χ0n) is 16.9. The zero-order valence-corrected chi connectivity index (χ0v) is 16.9. The summed E-state index contributed by atoms with van der Waals surface area (Å²) < 4.78 is 17.8. The van der Waals surface area contributed by atoms with Crippen LogP contribution in [0, 0.1) is 11.8 Å². The minimum absolute atomic E-state index is 0.225. The lowest BCUT2D eigenvalue weighted by molar-refractivity contribution is -0.118. The number of carbonyl (C=O) groups excluding carboxylic acids is 1. The predicted octanol–water partition coefficient (Wildman–Crippen LogP) is 4.22. The molecule has 1 aromatic heterocycles. The third-order valence-corrected chi connectivity index (χ3v) is 5.50. The van der Waals surface area contributed by atoms with E-state index in [2.05, 4.69) is 16.8 Å². The van der Waals surface area contributed by atoms with Crippen LogP contribution in [0.1, 0.15) is 46.0 Å². The number of ketones is 1. The molecule has 1 saturated carbocycles. The van der Waals surface area contributed by atoms with Gasteiger partial charge in [-0.3, -0.25) is 0 Å². The topological polar surface area (TPSA) is 64.8 Å². The molecule has 1 atom stereocenters. The van der Waals surface area contributed by atoms with Gasteiger partial charge in [0, 0.05) is 32.2 Å². The van der Waals surface area contributed by atoms with Crippen molar-refractivity contribution in [3.05, 3.63) is 18.2 Å². The van der Waals surface area contributed by atoms with E-state index in [1.165, 1.54) is 12.8 Å². The van der Waals surface area contributed by atoms with Crippen molar-refractivity contribution >= 4 is 22.9 Å². The van der Waals surface area contributed by atoms with Crippen LogP contribution in [-0.2, 0) is 9.53 Å². The fourth-order valence-corrected chi connectivity index (χ4v) is 3.68. The highest BCUT2D eigenvalue weighted by Crippen LogP contribution is 2.31. The number of ether oxygens (including phenoxy) is 2. The molecule has 1 aromatic carbocycles. The Morgan fingerprint density at radius 1 is 1.29 bits per heavy atom. The van der Waals surface area contributed by atoms with E-state index in [1.54, 1.807) is 6.92 Å². The molecule has 4 rings (SSSR count). The summed E-state index contributed by atoms with van der Waals surface area (Å²) in [6.45, 7) is 6.88. The summed E-state index contributed by atoms with van der Waals surface area (Å²) in [5.74, 6) is 2.11. The Hall–Kier alpha value is -2.08. The van der Waals surface area contributed by atoms with Gasteiger partial charge in [0.15, 0.2) is 5.58 Å². The van der Waals surface area contributed by atoms with Crippen LogP contribution in [0.25, 0.3) is 11.1 Å². The summed E-state index contributed by atoms with van der Waals surface area (Å²) in [5, 5.41) is 0. The second kappa shape index (κ2) is 8.52. The molecule has 0 radical (unpaired) electrons. The van der Waals surface area contributed by atoms with Gasteiger partial charge in [0.2, 0.25) is 0 Å². The van der Waals surface area contributed by atoms with Gasteiger partial charge in [-0.1, -0.05) is 6.92 Å². The monoisotopic (exact) mass is 386 g/mol. The van der Waals surface area contributed by atoms with E-state index in [1.807, 2.05) is 18.2 Å². The van der Waals surface area contributed by atoms with Crippen LogP contribution in [-0.4, -0.2) is 43.2 Å². The molecule has 0 spiro atoms. The smallest absolute Gasteiger partial charge is 0.298 e. The van der Waals surface area contributed by atoms with Crippen molar-refractivity contribution in [3.63, 3.8) is 0 Å². The number of carbonyl (C=O) groups is 1. The van der Waals surface area contributed by atoms with Crippen molar-refractivity contribution in [1.82, 2.24) is 4.98 Å². The van der Waals surface area contributed by atoms with E-state index in [9.17, 15) is 4.79 Å². The number of aromatic nitrogens is 1. The van der Waals surface area contributed by atoms with Crippen LogP contribution in [0.4, 0.5) is 6.01 Å². The van der Waals surface area contributed by atoms with Crippen molar-refractivity contribution in [3.8, 4) is 5.75 Å². The van der Waals surface area contributed by atoms with Crippen LogP contribution in [0.3, 0.4) is 0 Å². The minimum atomic E-state index is 0.225. The molecule has 6 heteroatoms. The van der Waals surface area contributed by atoms with Crippen molar-refractivity contribution in [2.24, 2.45) is 11.8 Å². The molecule has 0 amide bonds. The highest BCUT2D eigenvalue weighted by Gasteiger charge is 2.24.